The van der Waals surface area contributed by atoms with Crippen molar-refractivity contribution in [3.63, 3.8) is 0 Å². The number of ether oxygens (including phenoxy) is 1. The number of hydrogen-bond acceptors (Lipinski definition) is 4. The zero-order valence-corrected chi connectivity index (χ0v) is 15.6. The average Bonchev–Trinajstić information content (AvgIpc) is 2.90. The maximum atomic E-state index is 13.3. The van der Waals surface area contributed by atoms with Crippen LogP contribution in [0.3, 0.4) is 0 Å². The normalized spacial score (nSPS) is 22.2. The molecule has 1 amide bonds. The molecule has 0 saturated carbocycles. The van der Waals surface area contributed by atoms with Gasteiger partial charge in [0.25, 0.3) is 5.91 Å². The highest BCUT2D eigenvalue weighted by Gasteiger charge is 2.32. The molecule has 1 aromatic rings. The van der Waals surface area contributed by atoms with Gasteiger partial charge < -0.3 is 14.6 Å². The number of carbonyl (C=O) groups is 2. The van der Waals surface area contributed by atoms with Crippen molar-refractivity contribution in [2.24, 2.45) is 0 Å². The molecule has 25 heavy (non-hydrogen) atoms. The van der Waals surface area contributed by atoms with Gasteiger partial charge in [-0.3, -0.25) is 14.5 Å². The predicted molar refractivity (Wildman–Crippen MR) is 96.2 cm³/mol. The van der Waals surface area contributed by atoms with E-state index in [1.54, 1.807) is 0 Å². The summed E-state index contributed by atoms with van der Waals surface area (Å²) in [6.07, 6.45) is 3.27. The number of nitrogens with one attached hydrogen (secondary N) is 1. The molecule has 138 valence electrons. The van der Waals surface area contributed by atoms with Gasteiger partial charge in [0.15, 0.2) is 5.78 Å². The topological polar surface area (TPSA) is 65.6 Å². The van der Waals surface area contributed by atoms with Gasteiger partial charge in [0.1, 0.15) is 0 Å². The maximum absolute atomic E-state index is 13.3. The smallest absolute Gasteiger partial charge is 0.256 e. The third kappa shape index (κ3) is 3.80. The Labute approximate surface area is 149 Å². The lowest BCUT2D eigenvalue weighted by molar-refractivity contribution is 0.0166. The molecule has 0 radical (unpaired) electrons. The monoisotopic (exact) mass is 347 g/mol. The van der Waals surface area contributed by atoms with E-state index in [0.29, 0.717) is 11.3 Å². The van der Waals surface area contributed by atoms with Gasteiger partial charge in [0.05, 0.1) is 24.5 Å². The summed E-state index contributed by atoms with van der Waals surface area (Å²) in [5.41, 5.74) is 2.82. The Hall–Kier alpha value is -1.66. The average molecular weight is 347 g/mol. The Morgan fingerprint density at radius 1 is 1.16 bits per heavy atom. The number of likely N-dealkylation sites (tertiary alicyclic amines) is 1. The lowest BCUT2D eigenvalue weighted by Gasteiger charge is -2.39. The van der Waals surface area contributed by atoms with Crippen molar-refractivity contribution in [3.8, 4) is 0 Å². The van der Waals surface area contributed by atoms with E-state index in [-0.39, 0.29) is 17.7 Å². The summed E-state index contributed by atoms with van der Waals surface area (Å²) in [6, 6.07) is 0.244. The van der Waals surface area contributed by atoms with Crippen molar-refractivity contribution in [2.75, 3.05) is 39.4 Å². The van der Waals surface area contributed by atoms with E-state index in [1.807, 2.05) is 18.7 Å². The number of hydrogen-bond donors (Lipinski definition) is 1. The molecule has 6 heteroatoms. The van der Waals surface area contributed by atoms with Crippen LogP contribution >= 0.6 is 0 Å². The zero-order chi connectivity index (χ0) is 18.0. The van der Waals surface area contributed by atoms with Crippen LogP contribution in [-0.4, -0.2) is 71.9 Å². The van der Waals surface area contributed by atoms with Crippen molar-refractivity contribution in [1.82, 2.24) is 14.8 Å². The van der Waals surface area contributed by atoms with Crippen molar-refractivity contribution in [2.45, 2.75) is 46.1 Å². The molecule has 2 aliphatic rings. The van der Waals surface area contributed by atoms with Crippen molar-refractivity contribution in [1.29, 1.82) is 0 Å². The van der Waals surface area contributed by atoms with E-state index >= 15 is 0 Å². The number of aromatic nitrogens is 1. The molecule has 3 heterocycles. The number of amides is 1. The fourth-order valence-electron chi connectivity index (χ4n) is 4.11. The second kappa shape index (κ2) is 7.70. The van der Waals surface area contributed by atoms with Crippen LogP contribution in [0.15, 0.2) is 0 Å². The van der Waals surface area contributed by atoms with Gasteiger partial charge in [-0.05, 0) is 38.7 Å². The van der Waals surface area contributed by atoms with Gasteiger partial charge in [-0.2, -0.15) is 0 Å². The second-order valence-corrected chi connectivity index (χ2v) is 7.24. The fraction of sp³-hybridized carbons (Fsp3) is 0.684. The van der Waals surface area contributed by atoms with E-state index in [1.165, 1.54) is 13.3 Å². The highest BCUT2D eigenvalue weighted by Crippen LogP contribution is 2.25. The Morgan fingerprint density at radius 3 is 2.52 bits per heavy atom. The number of ketones is 1. The van der Waals surface area contributed by atoms with Crippen molar-refractivity contribution in [3.05, 3.63) is 22.5 Å². The van der Waals surface area contributed by atoms with Crippen LogP contribution in [0.1, 0.15) is 58.3 Å². The number of H-pyrrole nitrogens is 1. The van der Waals surface area contributed by atoms with E-state index in [2.05, 4.69) is 9.88 Å². The molecule has 1 aromatic heterocycles. The third-order valence-corrected chi connectivity index (χ3v) is 5.46. The molecule has 0 aromatic carbocycles. The molecule has 1 unspecified atom stereocenters. The molecule has 0 spiro atoms. The largest absolute Gasteiger partial charge is 0.379 e. The highest BCUT2D eigenvalue weighted by molar-refractivity contribution is 6.02. The molecule has 1 N–H and O–H groups in total. The van der Waals surface area contributed by atoms with Crippen LogP contribution in [0.4, 0.5) is 0 Å². The van der Waals surface area contributed by atoms with Crippen molar-refractivity contribution < 1.29 is 14.3 Å². The lowest BCUT2D eigenvalue weighted by Crippen LogP contribution is -2.51. The van der Waals surface area contributed by atoms with Gasteiger partial charge >= 0.3 is 0 Å². The number of morpholine rings is 1. The number of nitrogens with zero attached hydrogens (tertiary/aromatic N) is 2. The van der Waals surface area contributed by atoms with E-state index < -0.39 is 0 Å². The Bertz CT molecular complexity index is 647. The first-order valence-electron chi connectivity index (χ1n) is 9.30. The molecule has 2 aliphatic heterocycles. The Balaban J connectivity index is 1.80. The standard InChI is InChI=1S/C19H29N3O3/c1-13-17(14(2)20-18(13)15(3)23)19(24)22-7-5-4-6-16(22)12-21-8-10-25-11-9-21/h16,20H,4-12H2,1-3H3. The molecule has 2 saturated heterocycles. The summed E-state index contributed by atoms with van der Waals surface area (Å²) in [5, 5.41) is 0. The van der Waals surface area contributed by atoms with Gasteiger partial charge in [-0.15, -0.1) is 0 Å². The molecule has 2 fully saturated rings. The number of carbonyl (C=O) groups excluding carboxylic acids is 2. The van der Waals surface area contributed by atoms with Gasteiger partial charge in [-0.1, -0.05) is 0 Å². The summed E-state index contributed by atoms with van der Waals surface area (Å²) in [7, 11) is 0. The lowest BCUT2D eigenvalue weighted by atomic mass is 9.98. The first-order valence-corrected chi connectivity index (χ1v) is 9.30. The minimum absolute atomic E-state index is 0.0249. The van der Waals surface area contributed by atoms with Gasteiger partial charge in [0, 0.05) is 44.8 Å². The minimum atomic E-state index is -0.0249. The number of Topliss-reactive ketones (excluding diaryl/α,β-unsaturated/α-hetero) is 1. The minimum Gasteiger partial charge on any atom is -0.379 e. The predicted octanol–water partition coefficient (Wildman–Crippen LogP) is 2.16. The summed E-state index contributed by atoms with van der Waals surface area (Å²) < 4.78 is 5.43. The fourth-order valence-corrected chi connectivity index (χ4v) is 4.11. The number of aryl methyl sites for hydroxylation is 1. The second-order valence-electron chi connectivity index (χ2n) is 7.24. The van der Waals surface area contributed by atoms with Crippen LogP contribution in [0.25, 0.3) is 0 Å². The van der Waals surface area contributed by atoms with Crippen LogP contribution < -0.4 is 0 Å². The molecule has 0 aliphatic carbocycles. The summed E-state index contributed by atoms with van der Waals surface area (Å²) >= 11 is 0. The van der Waals surface area contributed by atoms with Gasteiger partial charge in [-0.25, -0.2) is 0 Å². The molecule has 1 atom stereocenters. The number of piperidine rings is 1. The van der Waals surface area contributed by atoms with Crippen LogP contribution in [0.5, 0.6) is 0 Å². The quantitative estimate of drug-likeness (QED) is 0.848. The Morgan fingerprint density at radius 2 is 1.88 bits per heavy atom. The highest BCUT2D eigenvalue weighted by atomic mass is 16.5. The van der Waals surface area contributed by atoms with Crippen LogP contribution in [-0.2, 0) is 4.74 Å². The maximum Gasteiger partial charge on any atom is 0.256 e. The zero-order valence-electron chi connectivity index (χ0n) is 15.6. The molecule has 0 bridgehead atoms. The third-order valence-electron chi connectivity index (χ3n) is 5.46. The van der Waals surface area contributed by atoms with Gasteiger partial charge in [0.2, 0.25) is 0 Å². The molecule has 3 rings (SSSR count). The molecular formula is C19H29N3O3. The SMILES string of the molecule is CC(=O)c1[nH]c(C)c(C(=O)N2CCCCC2CN2CCOCC2)c1C. The summed E-state index contributed by atoms with van der Waals surface area (Å²) in [5.74, 6) is 0.0415. The molecule has 6 nitrogen and oxygen atoms in total. The van der Waals surface area contributed by atoms with Crippen molar-refractivity contribution >= 4 is 11.7 Å². The molecular weight excluding hydrogens is 318 g/mol. The number of aromatic amines is 1. The Kier molecular flexibility index (Phi) is 5.59. The van der Waals surface area contributed by atoms with E-state index in [4.69, 9.17) is 4.74 Å². The first-order chi connectivity index (χ1) is 12.0. The summed E-state index contributed by atoms with van der Waals surface area (Å²) in [4.78, 5) is 32.6. The number of rotatable bonds is 4. The van der Waals surface area contributed by atoms with E-state index in [0.717, 1.165) is 63.5 Å². The van der Waals surface area contributed by atoms with Crippen LogP contribution in [0.2, 0.25) is 0 Å². The first kappa shape index (κ1) is 18.1. The van der Waals surface area contributed by atoms with Crippen LogP contribution in [0, 0.1) is 13.8 Å². The van der Waals surface area contributed by atoms with E-state index in [9.17, 15) is 9.59 Å². The summed E-state index contributed by atoms with van der Waals surface area (Å²) in [6.45, 7) is 10.4.